The molecule has 0 saturated carbocycles. The smallest absolute Gasteiger partial charge is 0.320 e. The Morgan fingerprint density at radius 2 is 2.18 bits per heavy atom. The number of carbonyl (C=O) groups is 1. The van der Waals surface area contributed by atoms with Gasteiger partial charge < -0.3 is 5.11 Å². The largest absolute Gasteiger partial charge is 0.480 e. The molecule has 0 aliphatic heterocycles. The molecule has 1 atom stereocenters. The zero-order valence-electron chi connectivity index (χ0n) is 11.0. The van der Waals surface area contributed by atoms with E-state index in [-0.39, 0.29) is 5.41 Å². The Hall–Kier alpha value is -0.940. The number of hydrogen-bond donors (Lipinski definition) is 1. The van der Waals surface area contributed by atoms with E-state index in [1.54, 1.807) is 30.2 Å². The first-order chi connectivity index (χ1) is 7.71. The molecule has 0 aliphatic rings. The molecule has 1 unspecified atom stereocenters. The summed E-state index contributed by atoms with van der Waals surface area (Å²) < 4.78 is 0. The summed E-state index contributed by atoms with van der Waals surface area (Å²) in [5.41, 5.74) is 1.11. The number of hydrogen-bond acceptors (Lipinski definition) is 4. The highest BCUT2D eigenvalue weighted by Crippen LogP contribution is 2.24. The molecule has 1 aromatic heterocycles. The fourth-order valence-electron chi connectivity index (χ4n) is 1.27. The molecule has 96 valence electrons. The summed E-state index contributed by atoms with van der Waals surface area (Å²) in [6.07, 6.45) is 0. The number of rotatable bonds is 4. The minimum absolute atomic E-state index is 0.0474. The SMILES string of the molecule is CC(C(=O)O)N(C)Cc1nc(C(C)(C)C)cs1. The Labute approximate surface area is 106 Å². The van der Waals surface area contributed by atoms with E-state index in [9.17, 15) is 4.79 Å². The molecule has 0 aromatic carbocycles. The first-order valence-corrected chi connectivity index (χ1v) is 6.47. The van der Waals surface area contributed by atoms with Crippen LogP contribution in [0, 0.1) is 0 Å². The molecule has 0 radical (unpaired) electrons. The van der Waals surface area contributed by atoms with Crippen molar-refractivity contribution in [1.29, 1.82) is 0 Å². The van der Waals surface area contributed by atoms with Gasteiger partial charge in [0.05, 0.1) is 12.2 Å². The van der Waals surface area contributed by atoms with Crippen LogP contribution in [0.5, 0.6) is 0 Å². The number of carboxylic acid groups (broad SMARTS) is 1. The minimum Gasteiger partial charge on any atom is -0.480 e. The van der Waals surface area contributed by atoms with Crippen LogP contribution in [0.25, 0.3) is 0 Å². The van der Waals surface area contributed by atoms with E-state index in [1.807, 2.05) is 0 Å². The average Bonchev–Trinajstić information content (AvgIpc) is 2.64. The maximum Gasteiger partial charge on any atom is 0.320 e. The van der Waals surface area contributed by atoms with Crippen molar-refractivity contribution in [2.75, 3.05) is 7.05 Å². The zero-order valence-corrected chi connectivity index (χ0v) is 11.8. The molecule has 0 spiro atoms. The number of likely N-dealkylation sites (N-methyl/N-ethyl adjacent to an activating group) is 1. The summed E-state index contributed by atoms with van der Waals surface area (Å²) in [6.45, 7) is 8.62. The van der Waals surface area contributed by atoms with Crippen LogP contribution in [0.2, 0.25) is 0 Å². The highest BCUT2D eigenvalue weighted by Gasteiger charge is 2.20. The summed E-state index contributed by atoms with van der Waals surface area (Å²) in [6, 6.07) is -0.489. The number of carboxylic acids is 1. The van der Waals surface area contributed by atoms with Crippen molar-refractivity contribution in [3.05, 3.63) is 16.1 Å². The van der Waals surface area contributed by atoms with E-state index in [2.05, 4.69) is 31.1 Å². The minimum atomic E-state index is -0.805. The van der Waals surface area contributed by atoms with Crippen molar-refractivity contribution in [3.8, 4) is 0 Å². The van der Waals surface area contributed by atoms with Crippen molar-refractivity contribution in [2.45, 2.75) is 45.7 Å². The molecule has 4 nitrogen and oxygen atoms in total. The Morgan fingerprint density at radius 1 is 1.59 bits per heavy atom. The van der Waals surface area contributed by atoms with E-state index in [1.165, 1.54) is 0 Å². The number of aliphatic carboxylic acids is 1. The first kappa shape index (κ1) is 14.1. The molecule has 1 rings (SSSR count). The lowest BCUT2D eigenvalue weighted by Gasteiger charge is -2.19. The first-order valence-electron chi connectivity index (χ1n) is 5.59. The maximum atomic E-state index is 10.8. The summed E-state index contributed by atoms with van der Waals surface area (Å²) >= 11 is 1.59. The Bertz CT molecular complexity index is 395. The fraction of sp³-hybridized carbons (Fsp3) is 0.667. The normalized spacial score (nSPS) is 14.0. The standard InChI is InChI=1S/C12H20N2O2S/c1-8(11(15)16)14(5)6-10-13-9(7-17-10)12(2,3)4/h7-8H,6H2,1-5H3,(H,15,16). The quantitative estimate of drug-likeness (QED) is 0.898. The molecule has 17 heavy (non-hydrogen) atoms. The van der Waals surface area contributed by atoms with E-state index in [0.29, 0.717) is 6.54 Å². The van der Waals surface area contributed by atoms with Crippen molar-refractivity contribution in [2.24, 2.45) is 0 Å². The summed E-state index contributed by atoms with van der Waals surface area (Å²) in [4.78, 5) is 17.2. The van der Waals surface area contributed by atoms with Gasteiger partial charge in [0.15, 0.2) is 0 Å². The highest BCUT2D eigenvalue weighted by atomic mass is 32.1. The van der Waals surface area contributed by atoms with E-state index < -0.39 is 12.0 Å². The van der Waals surface area contributed by atoms with Crippen LogP contribution in [0.15, 0.2) is 5.38 Å². The van der Waals surface area contributed by atoms with Crippen LogP contribution < -0.4 is 0 Å². The Balaban J connectivity index is 2.70. The molecule has 1 heterocycles. The third-order valence-corrected chi connectivity index (χ3v) is 3.56. The van der Waals surface area contributed by atoms with Crippen molar-refractivity contribution < 1.29 is 9.90 Å². The summed E-state index contributed by atoms with van der Waals surface area (Å²) in [7, 11) is 1.80. The molecule has 5 heteroatoms. The van der Waals surface area contributed by atoms with Gasteiger partial charge in [-0.05, 0) is 14.0 Å². The fourth-order valence-corrected chi connectivity index (χ4v) is 2.35. The molecule has 0 amide bonds. The molecule has 0 fully saturated rings. The molecular formula is C12H20N2O2S. The van der Waals surface area contributed by atoms with Crippen LogP contribution in [-0.4, -0.2) is 34.0 Å². The summed E-state index contributed by atoms with van der Waals surface area (Å²) in [5, 5.41) is 11.9. The predicted octanol–water partition coefficient (Wildman–Crippen LogP) is 2.35. The second kappa shape index (κ2) is 5.14. The van der Waals surface area contributed by atoms with Gasteiger partial charge in [-0.1, -0.05) is 20.8 Å². The van der Waals surface area contributed by atoms with Crippen molar-refractivity contribution in [3.63, 3.8) is 0 Å². The van der Waals surface area contributed by atoms with Gasteiger partial charge >= 0.3 is 5.97 Å². The second-order valence-electron chi connectivity index (χ2n) is 5.31. The molecular weight excluding hydrogens is 236 g/mol. The number of thiazole rings is 1. The van der Waals surface area contributed by atoms with Gasteiger partial charge in [-0.2, -0.15) is 0 Å². The topological polar surface area (TPSA) is 53.4 Å². The lowest BCUT2D eigenvalue weighted by molar-refractivity contribution is -0.142. The van der Waals surface area contributed by atoms with Crippen LogP contribution in [0.1, 0.15) is 38.4 Å². The van der Waals surface area contributed by atoms with Crippen LogP contribution >= 0.6 is 11.3 Å². The Kier molecular flexibility index (Phi) is 4.27. The number of aromatic nitrogens is 1. The van der Waals surface area contributed by atoms with Crippen molar-refractivity contribution >= 4 is 17.3 Å². The Morgan fingerprint density at radius 3 is 2.59 bits per heavy atom. The van der Waals surface area contributed by atoms with Crippen LogP contribution in [-0.2, 0) is 16.8 Å². The van der Waals surface area contributed by atoms with Crippen LogP contribution in [0.3, 0.4) is 0 Å². The molecule has 0 aliphatic carbocycles. The third-order valence-electron chi connectivity index (χ3n) is 2.72. The highest BCUT2D eigenvalue weighted by molar-refractivity contribution is 7.09. The van der Waals surface area contributed by atoms with Gasteiger partial charge in [-0.25, -0.2) is 4.98 Å². The van der Waals surface area contributed by atoms with Gasteiger partial charge in [0.1, 0.15) is 11.0 Å². The van der Waals surface area contributed by atoms with Gasteiger partial charge in [-0.15, -0.1) is 11.3 Å². The monoisotopic (exact) mass is 256 g/mol. The van der Waals surface area contributed by atoms with Gasteiger partial charge in [0, 0.05) is 10.8 Å². The van der Waals surface area contributed by atoms with E-state index in [0.717, 1.165) is 10.7 Å². The lowest BCUT2D eigenvalue weighted by Crippen LogP contribution is -2.35. The molecule has 0 bridgehead atoms. The zero-order chi connectivity index (χ0) is 13.2. The third kappa shape index (κ3) is 3.78. The number of nitrogens with zero attached hydrogens (tertiary/aromatic N) is 2. The second-order valence-corrected chi connectivity index (χ2v) is 6.25. The lowest BCUT2D eigenvalue weighted by atomic mass is 9.93. The van der Waals surface area contributed by atoms with E-state index >= 15 is 0 Å². The molecule has 1 N–H and O–H groups in total. The van der Waals surface area contributed by atoms with Gasteiger partial charge in [-0.3, -0.25) is 9.69 Å². The van der Waals surface area contributed by atoms with Crippen molar-refractivity contribution in [1.82, 2.24) is 9.88 Å². The molecule has 1 aromatic rings. The van der Waals surface area contributed by atoms with E-state index in [4.69, 9.17) is 5.11 Å². The van der Waals surface area contributed by atoms with Crippen LogP contribution in [0.4, 0.5) is 0 Å². The molecule has 0 saturated heterocycles. The van der Waals surface area contributed by atoms with Gasteiger partial charge in [0.2, 0.25) is 0 Å². The van der Waals surface area contributed by atoms with Gasteiger partial charge in [0.25, 0.3) is 0 Å². The maximum absolute atomic E-state index is 10.8. The summed E-state index contributed by atoms with van der Waals surface area (Å²) in [5.74, 6) is -0.805. The predicted molar refractivity (Wildman–Crippen MR) is 69.4 cm³/mol. The average molecular weight is 256 g/mol.